The minimum absolute atomic E-state index is 0.131. The van der Waals surface area contributed by atoms with Crippen LogP contribution in [0.2, 0.25) is 0 Å². The maximum Gasteiger partial charge on any atom is 0.254 e. The molecule has 1 aromatic rings. The molecule has 2 nitrogen and oxygen atoms in total. The van der Waals surface area contributed by atoms with Gasteiger partial charge in [0, 0.05) is 17.6 Å². The molecule has 26 heavy (non-hydrogen) atoms. The molecule has 0 unspecified atom stereocenters. The molecule has 1 rings (SSSR count). The molecule has 2 heteroatoms. The smallest absolute Gasteiger partial charge is 0.254 e. The molecular weight excluding hydrogens is 318 g/mol. The molecule has 0 radical (unpaired) electrons. The minimum atomic E-state index is 0.131. The van der Waals surface area contributed by atoms with E-state index < -0.39 is 0 Å². The number of nitrogens with zero attached hydrogens (tertiary/aromatic N) is 1. The van der Waals surface area contributed by atoms with Gasteiger partial charge in [-0.05, 0) is 52.2 Å². The molecule has 0 saturated heterocycles. The zero-order chi connectivity index (χ0) is 19.4. The highest BCUT2D eigenvalue weighted by Gasteiger charge is 2.22. The first-order chi connectivity index (χ1) is 12.5. The van der Waals surface area contributed by atoms with Gasteiger partial charge in [0.05, 0.1) is 0 Å². The Balaban J connectivity index is 2.59. The van der Waals surface area contributed by atoms with Gasteiger partial charge in [-0.25, -0.2) is 0 Å². The van der Waals surface area contributed by atoms with Crippen LogP contribution in [0.5, 0.6) is 0 Å². The molecule has 0 heterocycles. The summed E-state index contributed by atoms with van der Waals surface area (Å²) in [4.78, 5) is 15.0. The van der Waals surface area contributed by atoms with Crippen LogP contribution in [0.4, 0.5) is 0 Å². The van der Waals surface area contributed by atoms with E-state index in [1.165, 1.54) is 44.9 Å². The predicted molar refractivity (Wildman–Crippen MR) is 115 cm³/mol. The summed E-state index contributed by atoms with van der Waals surface area (Å²) in [6.45, 7) is 10.6. The van der Waals surface area contributed by atoms with Gasteiger partial charge in [-0.15, -0.1) is 0 Å². The molecule has 146 valence electrons. The maximum absolute atomic E-state index is 13.0. The molecule has 0 aromatic heterocycles. The lowest BCUT2D eigenvalue weighted by Crippen LogP contribution is -2.42. The van der Waals surface area contributed by atoms with Crippen LogP contribution in [-0.2, 0) is 0 Å². The van der Waals surface area contributed by atoms with Crippen LogP contribution in [0, 0.1) is 0 Å². The van der Waals surface area contributed by atoms with Gasteiger partial charge < -0.3 is 4.90 Å². The van der Waals surface area contributed by atoms with E-state index in [4.69, 9.17) is 0 Å². The Kier molecular flexibility index (Phi) is 11.0. The van der Waals surface area contributed by atoms with E-state index in [2.05, 4.69) is 46.8 Å². The molecular formula is C24H39NO. The third-order valence-electron chi connectivity index (χ3n) is 4.81. The van der Waals surface area contributed by atoms with Crippen LogP contribution >= 0.6 is 0 Å². The predicted octanol–water partition coefficient (Wildman–Crippen LogP) is 7.10. The fourth-order valence-electron chi connectivity index (χ4n) is 3.47. The average Bonchev–Trinajstić information content (AvgIpc) is 2.60. The lowest BCUT2D eigenvalue weighted by atomic mass is 10.0. The number of amides is 1. The second-order valence-electron chi connectivity index (χ2n) is 7.80. The third kappa shape index (κ3) is 7.76. The van der Waals surface area contributed by atoms with Crippen molar-refractivity contribution < 1.29 is 4.79 Å². The number of hydrogen-bond donors (Lipinski definition) is 0. The van der Waals surface area contributed by atoms with E-state index in [9.17, 15) is 4.79 Å². The van der Waals surface area contributed by atoms with Crippen molar-refractivity contribution in [2.24, 2.45) is 0 Å². The molecule has 0 spiro atoms. The van der Waals surface area contributed by atoms with Crippen molar-refractivity contribution in [3.8, 4) is 0 Å². The van der Waals surface area contributed by atoms with E-state index in [0.29, 0.717) is 0 Å². The highest BCUT2D eigenvalue weighted by molar-refractivity contribution is 5.98. The monoisotopic (exact) mass is 357 g/mol. The van der Waals surface area contributed by atoms with E-state index >= 15 is 0 Å². The van der Waals surface area contributed by atoms with Crippen molar-refractivity contribution in [2.45, 2.75) is 98.1 Å². The topological polar surface area (TPSA) is 20.3 Å². The summed E-state index contributed by atoms with van der Waals surface area (Å²) >= 11 is 0. The standard InChI is InChI=1S/C24H39NO/c1-6-7-8-9-10-11-12-13-14-17-22-18-15-16-19-23(22)24(26)25(20(2)3)21(4)5/h14-21H,6-13H2,1-5H3/b17-14+. The third-order valence-corrected chi connectivity index (χ3v) is 4.81. The normalized spacial score (nSPS) is 11.7. The molecule has 0 aliphatic heterocycles. The molecule has 1 aromatic carbocycles. The number of rotatable bonds is 12. The molecule has 0 aliphatic carbocycles. The van der Waals surface area contributed by atoms with Gasteiger partial charge in [0.1, 0.15) is 0 Å². The Morgan fingerprint density at radius 1 is 0.923 bits per heavy atom. The van der Waals surface area contributed by atoms with Crippen molar-refractivity contribution in [2.75, 3.05) is 0 Å². The average molecular weight is 358 g/mol. The Labute approximate surface area is 161 Å². The first-order valence-corrected chi connectivity index (χ1v) is 10.6. The summed E-state index contributed by atoms with van der Waals surface area (Å²) in [6.07, 6.45) is 14.8. The minimum Gasteiger partial charge on any atom is -0.334 e. The van der Waals surface area contributed by atoms with Crippen molar-refractivity contribution in [1.29, 1.82) is 0 Å². The lowest BCUT2D eigenvalue weighted by Gasteiger charge is -2.31. The molecule has 0 bridgehead atoms. The highest BCUT2D eigenvalue weighted by Crippen LogP contribution is 2.18. The SMILES string of the molecule is CCCCCCCCC/C=C/c1ccccc1C(=O)N(C(C)C)C(C)C. The lowest BCUT2D eigenvalue weighted by molar-refractivity contribution is 0.0643. The zero-order valence-electron chi connectivity index (χ0n) is 17.6. The summed E-state index contributed by atoms with van der Waals surface area (Å²) in [7, 11) is 0. The van der Waals surface area contributed by atoms with Gasteiger partial charge in [0.25, 0.3) is 5.91 Å². The van der Waals surface area contributed by atoms with Gasteiger partial charge in [-0.1, -0.05) is 75.8 Å². The second-order valence-corrected chi connectivity index (χ2v) is 7.80. The molecule has 0 fully saturated rings. The van der Waals surface area contributed by atoms with Crippen molar-refractivity contribution in [1.82, 2.24) is 4.90 Å². The highest BCUT2D eigenvalue weighted by atomic mass is 16.2. The van der Waals surface area contributed by atoms with Crippen LogP contribution in [0.1, 0.15) is 102 Å². The van der Waals surface area contributed by atoms with E-state index in [1.807, 2.05) is 29.2 Å². The van der Waals surface area contributed by atoms with Crippen LogP contribution in [0.25, 0.3) is 6.08 Å². The van der Waals surface area contributed by atoms with Crippen LogP contribution in [0.3, 0.4) is 0 Å². The summed E-state index contributed by atoms with van der Waals surface area (Å²) < 4.78 is 0. The summed E-state index contributed by atoms with van der Waals surface area (Å²) in [5.74, 6) is 0.131. The van der Waals surface area contributed by atoms with Gasteiger partial charge in [0.2, 0.25) is 0 Å². The Hall–Kier alpha value is -1.57. The van der Waals surface area contributed by atoms with E-state index in [0.717, 1.165) is 17.5 Å². The zero-order valence-corrected chi connectivity index (χ0v) is 17.6. The largest absolute Gasteiger partial charge is 0.334 e. The van der Waals surface area contributed by atoms with Gasteiger partial charge >= 0.3 is 0 Å². The molecule has 0 aliphatic rings. The number of carbonyl (C=O) groups is 1. The number of carbonyl (C=O) groups excluding carboxylic acids is 1. The van der Waals surface area contributed by atoms with Crippen molar-refractivity contribution >= 4 is 12.0 Å². The number of allylic oxidation sites excluding steroid dienone is 1. The van der Waals surface area contributed by atoms with Crippen LogP contribution in [0.15, 0.2) is 30.3 Å². The molecule has 0 saturated carbocycles. The Morgan fingerprint density at radius 3 is 2.12 bits per heavy atom. The van der Waals surface area contributed by atoms with Crippen molar-refractivity contribution in [3.05, 3.63) is 41.5 Å². The molecule has 0 N–H and O–H groups in total. The summed E-state index contributed by atoms with van der Waals surface area (Å²) in [5, 5.41) is 0. The number of unbranched alkanes of at least 4 members (excludes halogenated alkanes) is 7. The first kappa shape index (κ1) is 22.5. The van der Waals surface area contributed by atoms with Crippen molar-refractivity contribution in [3.63, 3.8) is 0 Å². The van der Waals surface area contributed by atoms with Crippen LogP contribution in [-0.4, -0.2) is 22.9 Å². The van der Waals surface area contributed by atoms with E-state index in [1.54, 1.807) is 0 Å². The maximum atomic E-state index is 13.0. The summed E-state index contributed by atoms with van der Waals surface area (Å²) in [6, 6.07) is 8.37. The fourth-order valence-corrected chi connectivity index (χ4v) is 3.47. The number of benzene rings is 1. The quantitative estimate of drug-likeness (QED) is 0.365. The fraction of sp³-hybridized carbons (Fsp3) is 0.625. The van der Waals surface area contributed by atoms with Crippen LogP contribution < -0.4 is 0 Å². The van der Waals surface area contributed by atoms with Gasteiger partial charge in [-0.3, -0.25) is 4.79 Å². The molecule has 1 amide bonds. The summed E-state index contributed by atoms with van der Waals surface area (Å²) in [5.41, 5.74) is 1.84. The van der Waals surface area contributed by atoms with E-state index in [-0.39, 0.29) is 18.0 Å². The second kappa shape index (κ2) is 12.7. The Bertz CT molecular complexity index is 537. The molecule has 0 atom stereocenters. The van der Waals surface area contributed by atoms with Gasteiger partial charge in [-0.2, -0.15) is 0 Å². The van der Waals surface area contributed by atoms with Gasteiger partial charge in [0.15, 0.2) is 0 Å². The first-order valence-electron chi connectivity index (χ1n) is 10.6. The number of hydrogen-bond acceptors (Lipinski definition) is 1. The Morgan fingerprint density at radius 2 is 1.50 bits per heavy atom.